The molecule has 1 N–H and O–H groups in total. The fraction of sp³-hybridized carbons (Fsp3) is 0.730. The van der Waals surface area contributed by atoms with Gasteiger partial charge in [-0.25, -0.2) is 0 Å². The van der Waals surface area contributed by atoms with Crippen molar-refractivity contribution < 1.29 is 5.11 Å². The Bertz CT molecular complexity index is 580. The van der Waals surface area contributed by atoms with Crippen LogP contribution in [-0.2, 0) is 0 Å². The van der Waals surface area contributed by atoms with Crippen molar-refractivity contribution in [2.45, 2.75) is 174 Å². The highest BCUT2D eigenvalue weighted by Gasteiger charge is 2.03. The molecule has 1 atom stereocenters. The molecule has 0 radical (unpaired) electrons. The van der Waals surface area contributed by atoms with Crippen LogP contribution >= 0.6 is 0 Å². The molecule has 38 heavy (non-hydrogen) atoms. The highest BCUT2D eigenvalue weighted by molar-refractivity contribution is 4.97. The fourth-order valence-electron chi connectivity index (χ4n) is 4.69. The second kappa shape index (κ2) is 33.7. The SMILES string of the molecule is CC/C=C\C/C=C\C/C=C\CCCCCCCCC(O)CCCCCCCC/C=C\C/C=C\CCCCC. The van der Waals surface area contributed by atoms with E-state index >= 15 is 0 Å². The number of hydrogen-bond acceptors (Lipinski definition) is 1. The lowest BCUT2D eigenvalue weighted by atomic mass is 10.0. The molecule has 0 rings (SSSR count). The maximum absolute atomic E-state index is 10.3. The van der Waals surface area contributed by atoms with Crippen molar-refractivity contribution in [2.75, 3.05) is 0 Å². The highest BCUT2D eigenvalue weighted by Crippen LogP contribution is 2.15. The van der Waals surface area contributed by atoms with Gasteiger partial charge in [0.1, 0.15) is 0 Å². The van der Waals surface area contributed by atoms with E-state index in [-0.39, 0.29) is 6.10 Å². The van der Waals surface area contributed by atoms with Crippen LogP contribution in [0, 0.1) is 0 Å². The summed E-state index contributed by atoms with van der Waals surface area (Å²) in [6.07, 6.45) is 52.6. The van der Waals surface area contributed by atoms with Gasteiger partial charge in [0, 0.05) is 0 Å². The van der Waals surface area contributed by atoms with Crippen LogP contribution in [0.15, 0.2) is 60.8 Å². The van der Waals surface area contributed by atoms with Crippen molar-refractivity contribution in [1.29, 1.82) is 0 Å². The van der Waals surface area contributed by atoms with Gasteiger partial charge in [-0.2, -0.15) is 0 Å². The molecule has 0 aliphatic heterocycles. The number of rotatable bonds is 29. The lowest BCUT2D eigenvalue weighted by Gasteiger charge is -2.10. The maximum Gasteiger partial charge on any atom is 0.0540 e. The molecule has 0 aliphatic carbocycles. The Balaban J connectivity index is 3.30. The zero-order valence-electron chi connectivity index (χ0n) is 25.8. The lowest BCUT2D eigenvalue weighted by molar-refractivity contribution is 0.147. The first-order chi connectivity index (χ1) is 18.8. The monoisotopic (exact) mass is 527 g/mol. The summed E-state index contributed by atoms with van der Waals surface area (Å²) in [4.78, 5) is 0. The number of aliphatic hydroxyl groups excluding tert-OH is 1. The Labute approximate surface area is 239 Å². The third-order valence-electron chi connectivity index (χ3n) is 7.18. The average molecular weight is 527 g/mol. The van der Waals surface area contributed by atoms with Gasteiger partial charge in [0.25, 0.3) is 0 Å². The quantitative estimate of drug-likeness (QED) is 0.0758. The number of allylic oxidation sites excluding steroid dienone is 10. The van der Waals surface area contributed by atoms with Gasteiger partial charge in [0.05, 0.1) is 6.10 Å². The second-order valence-electron chi connectivity index (χ2n) is 11.0. The molecule has 1 heteroatoms. The topological polar surface area (TPSA) is 20.2 Å². The zero-order valence-corrected chi connectivity index (χ0v) is 25.8. The molecule has 0 heterocycles. The minimum absolute atomic E-state index is 0.0670. The largest absolute Gasteiger partial charge is 0.393 e. The van der Waals surface area contributed by atoms with Gasteiger partial charge in [0.2, 0.25) is 0 Å². The molecule has 0 saturated carbocycles. The van der Waals surface area contributed by atoms with Crippen LogP contribution in [0.25, 0.3) is 0 Å². The molecule has 0 bridgehead atoms. The Morgan fingerprint density at radius 3 is 1.16 bits per heavy atom. The predicted octanol–water partition coefficient (Wildman–Crippen LogP) is 12.5. The van der Waals surface area contributed by atoms with Crippen molar-refractivity contribution in [3.63, 3.8) is 0 Å². The maximum atomic E-state index is 10.3. The van der Waals surface area contributed by atoms with Gasteiger partial charge < -0.3 is 5.11 Å². The average Bonchev–Trinajstić information content (AvgIpc) is 2.92. The molecule has 220 valence electrons. The molecule has 0 fully saturated rings. The molecular formula is C37H66O. The second-order valence-corrected chi connectivity index (χ2v) is 11.0. The van der Waals surface area contributed by atoms with Crippen LogP contribution in [0.1, 0.15) is 168 Å². The van der Waals surface area contributed by atoms with Crippen LogP contribution < -0.4 is 0 Å². The van der Waals surface area contributed by atoms with E-state index in [2.05, 4.69) is 74.6 Å². The van der Waals surface area contributed by atoms with Gasteiger partial charge in [-0.15, -0.1) is 0 Å². The molecule has 0 aromatic heterocycles. The minimum Gasteiger partial charge on any atom is -0.393 e. The normalized spacial score (nSPS) is 13.4. The molecule has 0 saturated heterocycles. The first-order valence-electron chi connectivity index (χ1n) is 16.7. The summed E-state index contributed by atoms with van der Waals surface area (Å²) >= 11 is 0. The molecule has 1 unspecified atom stereocenters. The number of aliphatic hydroxyl groups is 1. The van der Waals surface area contributed by atoms with Crippen molar-refractivity contribution in [1.82, 2.24) is 0 Å². The molecule has 0 amide bonds. The number of unbranched alkanes of at least 4 members (excludes halogenated alkanes) is 15. The summed E-state index contributed by atoms with van der Waals surface area (Å²) in [5.41, 5.74) is 0. The lowest BCUT2D eigenvalue weighted by Crippen LogP contribution is -2.05. The summed E-state index contributed by atoms with van der Waals surface area (Å²) in [6, 6.07) is 0. The summed E-state index contributed by atoms with van der Waals surface area (Å²) in [7, 11) is 0. The van der Waals surface area contributed by atoms with Crippen LogP contribution in [-0.4, -0.2) is 11.2 Å². The van der Waals surface area contributed by atoms with Gasteiger partial charge >= 0.3 is 0 Å². The van der Waals surface area contributed by atoms with Crippen LogP contribution in [0.2, 0.25) is 0 Å². The molecular weight excluding hydrogens is 460 g/mol. The predicted molar refractivity (Wildman–Crippen MR) is 174 cm³/mol. The standard InChI is InChI=1S/C37H66O/c1-3-5-7-9-11-13-15-17-19-21-23-25-27-29-31-33-35-37(38)36-34-32-30-28-26-24-22-20-18-16-14-12-10-8-6-4-2/h5,7,11-14,17-20,37-38H,3-4,6,8-10,15-16,21-36H2,1-2H3/b7-5-,13-11-,14-12-,19-17-,20-18-. The van der Waals surface area contributed by atoms with Gasteiger partial charge in [-0.3, -0.25) is 0 Å². The molecule has 0 spiro atoms. The summed E-state index contributed by atoms with van der Waals surface area (Å²) in [5, 5.41) is 10.3. The molecule has 0 aromatic rings. The summed E-state index contributed by atoms with van der Waals surface area (Å²) < 4.78 is 0. The summed E-state index contributed by atoms with van der Waals surface area (Å²) in [6.45, 7) is 4.44. The Kier molecular flexibility index (Phi) is 32.5. The van der Waals surface area contributed by atoms with Gasteiger partial charge in [-0.05, 0) is 77.0 Å². The van der Waals surface area contributed by atoms with E-state index in [0.29, 0.717) is 0 Å². The highest BCUT2D eigenvalue weighted by atomic mass is 16.3. The first-order valence-corrected chi connectivity index (χ1v) is 16.7. The third kappa shape index (κ3) is 32.7. The first kappa shape index (κ1) is 36.7. The zero-order chi connectivity index (χ0) is 27.6. The molecule has 1 nitrogen and oxygen atoms in total. The Morgan fingerprint density at radius 1 is 0.395 bits per heavy atom. The third-order valence-corrected chi connectivity index (χ3v) is 7.18. The smallest absolute Gasteiger partial charge is 0.0540 e. The summed E-state index contributed by atoms with van der Waals surface area (Å²) in [5.74, 6) is 0. The van der Waals surface area contributed by atoms with E-state index in [1.165, 1.54) is 116 Å². The van der Waals surface area contributed by atoms with E-state index in [1.54, 1.807) is 0 Å². The fourth-order valence-corrected chi connectivity index (χ4v) is 4.69. The Hall–Kier alpha value is -1.34. The van der Waals surface area contributed by atoms with Crippen molar-refractivity contribution >= 4 is 0 Å². The van der Waals surface area contributed by atoms with Crippen molar-refractivity contribution in [2.24, 2.45) is 0 Å². The van der Waals surface area contributed by atoms with E-state index in [4.69, 9.17) is 0 Å². The van der Waals surface area contributed by atoms with E-state index in [1.807, 2.05) is 0 Å². The van der Waals surface area contributed by atoms with Crippen LogP contribution in [0.3, 0.4) is 0 Å². The van der Waals surface area contributed by atoms with E-state index in [9.17, 15) is 5.11 Å². The van der Waals surface area contributed by atoms with Crippen LogP contribution in [0.5, 0.6) is 0 Å². The van der Waals surface area contributed by atoms with E-state index < -0.39 is 0 Å². The van der Waals surface area contributed by atoms with Gasteiger partial charge in [0.15, 0.2) is 0 Å². The van der Waals surface area contributed by atoms with Gasteiger partial charge in [-0.1, -0.05) is 152 Å². The molecule has 0 aromatic carbocycles. The van der Waals surface area contributed by atoms with E-state index in [0.717, 1.165) is 38.5 Å². The van der Waals surface area contributed by atoms with Crippen molar-refractivity contribution in [3.8, 4) is 0 Å². The van der Waals surface area contributed by atoms with Crippen LogP contribution in [0.4, 0.5) is 0 Å². The number of hydrogen-bond donors (Lipinski definition) is 1. The Morgan fingerprint density at radius 2 is 0.737 bits per heavy atom. The minimum atomic E-state index is -0.0670. The van der Waals surface area contributed by atoms with Crippen molar-refractivity contribution in [3.05, 3.63) is 60.8 Å². The molecule has 0 aliphatic rings.